The third-order valence-corrected chi connectivity index (χ3v) is 4.26. The third kappa shape index (κ3) is 4.19. The van der Waals surface area contributed by atoms with E-state index in [4.69, 9.17) is 0 Å². The molecule has 0 aliphatic carbocycles. The molecule has 138 valence electrons. The van der Waals surface area contributed by atoms with Gasteiger partial charge >= 0.3 is 0 Å². The first-order chi connectivity index (χ1) is 11.5. The van der Waals surface area contributed by atoms with Crippen LogP contribution in [0.3, 0.4) is 0 Å². The second-order valence-corrected chi connectivity index (χ2v) is 7.30. The maximum atomic E-state index is 14.5. The number of carbonyl (C=O) groups is 1. The summed E-state index contributed by atoms with van der Waals surface area (Å²) in [6.07, 6.45) is -0.0456. The van der Waals surface area contributed by atoms with E-state index >= 15 is 0 Å². The topological polar surface area (TPSA) is 74.5 Å². The van der Waals surface area contributed by atoms with Gasteiger partial charge in [0, 0.05) is 23.9 Å². The van der Waals surface area contributed by atoms with E-state index < -0.39 is 17.5 Å². The van der Waals surface area contributed by atoms with Gasteiger partial charge in [-0.25, -0.2) is 4.39 Å². The minimum absolute atomic E-state index is 0.113. The van der Waals surface area contributed by atoms with Gasteiger partial charge < -0.3 is 20.1 Å². The zero-order valence-electron chi connectivity index (χ0n) is 15.4. The molecule has 2 aromatic rings. The average molecular weight is 350 g/mol. The van der Waals surface area contributed by atoms with Crippen molar-refractivity contribution in [2.24, 2.45) is 5.92 Å². The molecule has 2 rings (SSSR count). The van der Waals surface area contributed by atoms with Crippen molar-refractivity contribution in [2.75, 3.05) is 5.32 Å². The van der Waals surface area contributed by atoms with E-state index in [2.05, 4.69) is 5.32 Å². The Morgan fingerprint density at radius 2 is 1.96 bits per heavy atom. The molecule has 1 aromatic carbocycles. The molecule has 0 radical (unpaired) electrons. The molecule has 1 amide bonds. The van der Waals surface area contributed by atoms with E-state index in [-0.39, 0.29) is 24.1 Å². The zero-order chi connectivity index (χ0) is 18.9. The minimum atomic E-state index is -1.15. The summed E-state index contributed by atoms with van der Waals surface area (Å²) in [7, 11) is 0. The van der Waals surface area contributed by atoms with Crippen molar-refractivity contribution in [1.82, 2.24) is 4.57 Å². The van der Waals surface area contributed by atoms with Crippen molar-refractivity contribution in [1.29, 1.82) is 0 Å². The number of rotatable bonds is 6. The van der Waals surface area contributed by atoms with Crippen LogP contribution in [0.4, 0.5) is 10.1 Å². The molecular weight excluding hydrogens is 323 g/mol. The highest BCUT2D eigenvalue weighted by Crippen LogP contribution is 2.32. The van der Waals surface area contributed by atoms with Gasteiger partial charge in [-0.2, -0.15) is 0 Å². The van der Waals surface area contributed by atoms with E-state index in [0.29, 0.717) is 23.0 Å². The number of nitrogens with zero attached hydrogens (tertiary/aromatic N) is 1. The van der Waals surface area contributed by atoms with E-state index in [1.165, 1.54) is 6.07 Å². The van der Waals surface area contributed by atoms with E-state index in [0.717, 1.165) is 0 Å². The third-order valence-electron chi connectivity index (χ3n) is 4.26. The molecule has 0 saturated carbocycles. The standard InChI is InChI=1S/C19H27FN2O3/c1-6-13(23)10-22-16-9-14(20)15(21-18(24)11(2)3)7-12(16)8-17(22)19(4,5)25/h7-9,11,13,23,25H,6,10H2,1-5H3,(H,21,24)/t13-/m0/s1. The average Bonchev–Trinajstić information content (AvgIpc) is 2.85. The van der Waals surface area contributed by atoms with Crippen molar-refractivity contribution in [3.05, 3.63) is 29.7 Å². The van der Waals surface area contributed by atoms with E-state index in [1.807, 2.05) is 6.92 Å². The van der Waals surface area contributed by atoms with Crippen LogP contribution in [-0.4, -0.2) is 26.8 Å². The molecule has 1 atom stereocenters. The number of aliphatic hydroxyl groups is 2. The second kappa shape index (κ2) is 7.14. The van der Waals surface area contributed by atoms with E-state index in [9.17, 15) is 19.4 Å². The quantitative estimate of drug-likeness (QED) is 0.748. The molecule has 3 N–H and O–H groups in total. The highest BCUT2D eigenvalue weighted by molar-refractivity contribution is 5.95. The lowest BCUT2D eigenvalue weighted by Crippen LogP contribution is -2.24. The smallest absolute Gasteiger partial charge is 0.227 e. The van der Waals surface area contributed by atoms with Crippen molar-refractivity contribution >= 4 is 22.5 Å². The van der Waals surface area contributed by atoms with Gasteiger partial charge in [0.25, 0.3) is 0 Å². The molecule has 25 heavy (non-hydrogen) atoms. The molecule has 1 aromatic heterocycles. The Kier molecular flexibility index (Phi) is 5.54. The first kappa shape index (κ1) is 19.4. The van der Waals surface area contributed by atoms with Crippen molar-refractivity contribution in [2.45, 2.75) is 59.3 Å². The Morgan fingerprint density at radius 1 is 1.32 bits per heavy atom. The molecule has 0 fully saturated rings. The maximum absolute atomic E-state index is 14.5. The number of aromatic nitrogens is 1. The van der Waals surface area contributed by atoms with Crippen LogP contribution in [0, 0.1) is 11.7 Å². The molecule has 0 unspecified atom stereocenters. The number of amides is 1. The monoisotopic (exact) mass is 350 g/mol. The number of nitrogens with one attached hydrogen (secondary N) is 1. The molecule has 6 heteroatoms. The van der Waals surface area contributed by atoms with Crippen molar-refractivity contribution < 1.29 is 19.4 Å². The fourth-order valence-electron chi connectivity index (χ4n) is 2.70. The lowest BCUT2D eigenvalue weighted by atomic mass is 10.1. The van der Waals surface area contributed by atoms with Gasteiger partial charge in [-0.05, 0) is 32.4 Å². The number of aliphatic hydroxyl groups excluding tert-OH is 1. The Labute approximate surface area is 147 Å². The Hall–Kier alpha value is -1.92. The number of carbonyl (C=O) groups excluding carboxylic acids is 1. The first-order valence-corrected chi connectivity index (χ1v) is 8.59. The van der Waals surface area contributed by atoms with Gasteiger partial charge in [-0.3, -0.25) is 4.79 Å². The minimum Gasteiger partial charge on any atom is -0.391 e. The first-order valence-electron chi connectivity index (χ1n) is 8.59. The predicted molar refractivity (Wildman–Crippen MR) is 96.9 cm³/mol. The lowest BCUT2D eigenvalue weighted by Gasteiger charge is -2.22. The number of halogens is 1. The molecule has 0 saturated heterocycles. The summed E-state index contributed by atoms with van der Waals surface area (Å²) >= 11 is 0. The number of hydrogen-bond acceptors (Lipinski definition) is 3. The van der Waals surface area contributed by atoms with Crippen LogP contribution in [0.15, 0.2) is 18.2 Å². The van der Waals surface area contributed by atoms with Gasteiger partial charge in [-0.15, -0.1) is 0 Å². The normalized spacial score (nSPS) is 13.5. The van der Waals surface area contributed by atoms with Gasteiger partial charge in [0.15, 0.2) is 0 Å². The number of benzene rings is 1. The molecule has 0 bridgehead atoms. The Balaban J connectivity index is 2.58. The van der Waals surface area contributed by atoms with Crippen LogP contribution in [0.2, 0.25) is 0 Å². The highest BCUT2D eigenvalue weighted by atomic mass is 19.1. The maximum Gasteiger partial charge on any atom is 0.227 e. The fraction of sp³-hybridized carbons (Fsp3) is 0.526. The summed E-state index contributed by atoms with van der Waals surface area (Å²) in [5.74, 6) is -1.07. The van der Waals surface area contributed by atoms with Crippen LogP contribution in [0.25, 0.3) is 10.9 Å². The van der Waals surface area contributed by atoms with Gasteiger partial charge in [0.2, 0.25) is 5.91 Å². The summed E-state index contributed by atoms with van der Waals surface area (Å²) in [5.41, 5.74) is 0.123. The van der Waals surface area contributed by atoms with Gasteiger partial charge in [0.05, 0.1) is 28.6 Å². The largest absolute Gasteiger partial charge is 0.391 e. The number of hydrogen-bond donors (Lipinski definition) is 3. The summed E-state index contributed by atoms with van der Waals surface area (Å²) in [5, 5.41) is 23.8. The molecule has 1 heterocycles. The highest BCUT2D eigenvalue weighted by Gasteiger charge is 2.25. The van der Waals surface area contributed by atoms with Crippen LogP contribution < -0.4 is 5.32 Å². The number of fused-ring (bicyclic) bond motifs is 1. The summed E-state index contributed by atoms with van der Waals surface area (Å²) in [4.78, 5) is 11.9. The molecular formula is C19H27FN2O3. The fourth-order valence-corrected chi connectivity index (χ4v) is 2.70. The van der Waals surface area contributed by atoms with Crippen LogP contribution >= 0.6 is 0 Å². The molecule has 0 aliphatic rings. The van der Waals surface area contributed by atoms with Crippen LogP contribution in [0.5, 0.6) is 0 Å². The molecule has 0 spiro atoms. The molecule has 5 nitrogen and oxygen atoms in total. The van der Waals surface area contributed by atoms with Crippen LogP contribution in [-0.2, 0) is 16.9 Å². The lowest BCUT2D eigenvalue weighted by molar-refractivity contribution is -0.118. The summed E-state index contributed by atoms with van der Waals surface area (Å²) in [6.45, 7) is 8.89. The Morgan fingerprint density at radius 3 is 2.48 bits per heavy atom. The van der Waals surface area contributed by atoms with Gasteiger partial charge in [-0.1, -0.05) is 20.8 Å². The van der Waals surface area contributed by atoms with Gasteiger partial charge in [0.1, 0.15) is 5.82 Å². The predicted octanol–water partition coefficient (Wildman–Crippen LogP) is 3.37. The SMILES string of the molecule is CC[C@H](O)Cn1c(C(C)(C)O)cc2cc(NC(=O)C(C)C)c(F)cc21. The number of anilines is 1. The van der Waals surface area contributed by atoms with E-state index in [1.54, 1.807) is 44.4 Å². The Bertz CT molecular complexity index is 775. The summed E-state index contributed by atoms with van der Waals surface area (Å²) < 4.78 is 16.2. The van der Waals surface area contributed by atoms with Crippen molar-refractivity contribution in [3.63, 3.8) is 0 Å². The van der Waals surface area contributed by atoms with Crippen molar-refractivity contribution in [3.8, 4) is 0 Å². The second-order valence-electron chi connectivity index (χ2n) is 7.30. The van der Waals surface area contributed by atoms with Crippen LogP contribution in [0.1, 0.15) is 46.7 Å². The summed E-state index contributed by atoms with van der Waals surface area (Å²) in [6, 6.07) is 4.67. The molecule has 0 aliphatic heterocycles. The zero-order valence-corrected chi connectivity index (χ0v) is 15.4.